The molecule has 0 unspecified atom stereocenters. The second-order valence-corrected chi connectivity index (χ2v) is 7.00. The van der Waals surface area contributed by atoms with Crippen molar-refractivity contribution in [2.24, 2.45) is 10.8 Å². The molecule has 0 aromatic carbocycles. The number of hydrogen-bond donors (Lipinski definition) is 0. The van der Waals surface area contributed by atoms with Crippen LogP contribution >= 0.6 is 9.03 Å². The molecule has 0 bridgehead atoms. The van der Waals surface area contributed by atoms with E-state index in [0.29, 0.717) is 52.9 Å². The molecule has 0 aromatic rings. The quantitative estimate of drug-likeness (QED) is 0.218. The number of rotatable bonds is 18. The third-order valence-corrected chi connectivity index (χ3v) is 4.10. The third kappa shape index (κ3) is 11.9. The molecule has 0 aliphatic carbocycles. The zero-order chi connectivity index (χ0) is 19.0. The van der Waals surface area contributed by atoms with E-state index in [1.165, 1.54) is 0 Å². The fourth-order valence-corrected chi connectivity index (χ4v) is 3.56. The summed E-state index contributed by atoms with van der Waals surface area (Å²) in [5.74, 6) is 0. The topological polar surface area (TPSA) is 73.8 Å². The van der Waals surface area contributed by atoms with Crippen molar-refractivity contribution in [2.75, 3.05) is 95.5 Å². The number of ether oxygens (including phenoxy) is 6. The van der Waals surface area contributed by atoms with Crippen molar-refractivity contribution >= 4 is 9.03 Å². The maximum Gasteiger partial charge on any atom is 0.155 e. The summed E-state index contributed by atoms with van der Waals surface area (Å²) in [7, 11) is 9.75. The maximum atomic E-state index is 5.73. The molecule has 0 heterocycles. The summed E-state index contributed by atoms with van der Waals surface area (Å²) in [6, 6.07) is 0. The Hall–Kier alpha value is 1.21. The van der Waals surface area contributed by atoms with Crippen molar-refractivity contribution in [3.63, 3.8) is 0 Å². The van der Waals surface area contributed by atoms with Crippen LogP contribution in [0.3, 0.4) is 0 Å². The molecule has 26 heavy (non-hydrogen) atoms. The average molecular weight is 475 g/mol. The van der Waals surface area contributed by atoms with Gasteiger partial charge in [0.25, 0.3) is 0 Å². The Bertz CT molecular complexity index is 250. The first kappa shape index (κ1) is 29.4. The molecule has 0 rings (SSSR count). The van der Waals surface area contributed by atoms with Crippen LogP contribution in [0.1, 0.15) is 0 Å². The van der Waals surface area contributed by atoms with Crippen molar-refractivity contribution in [3.05, 3.63) is 0 Å². The molecule has 0 aromatic heterocycles. The van der Waals surface area contributed by atoms with Crippen LogP contribution < -0.4 is 0 Å². The van der Waals surface area contributed by atoms with Gasteiger partial charge < -0.3 is 37.5 Å². The largest absolute Gasteiger partial charge is 0.384 e. The second kappa shape index (κ2) is 18.3. The molecule has 0 amide bonds. The first-order chi connectivity index (χ1) is 12.1. The van der Waals surface area contributed by atoms with Crippen LogP contribution in [0.4, 0.5) is 0 Å². The van der Waals surface area contributed by atoms with Crippen molar-refractivity contribution in [3.8, 4) is 0 Å². The fourth-order valence-electron chi connectivity index (χ4n) is 2.74. The minimum atomic E-state index is -0.364. The Morgan fingerprint density at radius 2 is 0.692 bits per heavy atom. The summed E-state index contributed by atoms with van der Waals surface area (Å²) in [5, 5.41) is 0. The van der Waals surface area contributed by atoms with Gasteiger partial charge in [0.15, 0.2) is 9.03 Å². The van der Waals surface area contributed by atoms with Crippen LogP contribution in [0, 0.1) is 10.8 Å². The van der Waals surface area contributed by atoms with E-state index in [1.54, 1.807) is 42.7 Å². The first-order valence-electron chi connectivity index (χ1n) is 8.00. The van der Waals surface area contributed by atoms with Gasteiger partial charge in [-0.05, 0) is 0 Å². The Kier molecular flexibility index (Phi) is 20.7. The van der Waals surface area contributed by atoms with Gasteiger partial charge in [-0.3, -0.25) is 0 Å². The van der Waals surface area contributed by atoms with Crippen molar-refractivity contribution in [1.82, 2.24) is 0 Å². The predicted octanol–water partition coefficient (Wildman–Crippen LogP) is 1.38. The molecule has 0 fully saturated rings. The van der Waals surface area contributed by atoms with Crippen molar-refractivity contribution in [2.45, 2.75) is 0 Å². The summed E-state index contributed by atoms with van der Waals surface area (Å²) in [6.07, 6.45) is 0. The minimum Gasteiger partial charge on any atom is -0.384 e. The van der Waals surface area contributed by atoms with Gasteiger partial charge in [0.05, 0.1) is 63.7 Å². The molecule has 0 saturated carbocycles. The normalized spacial score (nSPS) is 12.2. The maximum absolute atomic E-state index is 5.73. The van der Waals surface area contributed by atoms with Gasteiger partial charge in [0.1, 0.15) is 0 Å². The van der Waals surface area contributed by atoms with Crippen LogP contribution in [0.2, 0.25) is 0 Å². The summed E-state index contributed by atoms with van der Waals surface area (Å²) in [5.41, 5.74) is -0.728. The monoisotopic (exact) mass is 475 g/mol. The first-order valence-corrected chi connectivity index (χ1v) is 8.81. The summed E-state index contributed by atoms with van der Waals surface area (Å²) < 4.78 is 43.2. The molecule has 0 aliphatic rings. The smallest absolute Gasteiger partial charge is 0.155 e. The Labute approximate surface area is 185 Å². The van der Waals surface area contributed by atoms with Crippen LogP contribution in [-0.2, 0) is 70.2 Å². The second-order valence-electron chi connectivity index (χ2n) is 6.26. The van der Waals surface area contributed by atoms with E-state index in [0.717, 1.165) is 0 Å². The fraction of sp³-hybridized carbons (Fsp3) is 1.00. The molecule has 0 saturated heterocycles. The minimum absolute atomic E-state index is 0. The zero-order valence-electron chi connectivity index (χ0n) is 17.0. The Balaban J connectivity index is 0. The number of methoxy groups -OCH3 is 6. The molecule has 155 valence electrons. The van der Waals surface area contributed by atoms with Crippen LogP contribution in [-0.4, -0.2) is 95.5 Å². The standard InChI is InChI=1S/C16H35O8P.Y/c1-17-7-15(8-18-2,9-19-3)13-23-25-24-14-16(10-20-4,11-21-5)12-22-6;/h25H,7-14H2,1-6H3;. The van der Waals surface area contributed by atoms with Gasteiger partial charge in [-0.15, -0.1) is 0 Å². The molecule has 0 aliphatic heterocycles. The Morgan fingerprint density at radius 1 is 0.462 bits per heavy atom. The Morgan fingerprint density at radius 3 is 0.885 bits per heavy atom. The summed E-state index contributed by atoms with van der Waals surface area (Å²) in [6.45, 7) is 3.65. The third-order valence-electron chi connectivity index (χ3n) is 3.58. The molecule has 0 spiro atoms. The van der Waals surface area contributed by atoms with Crippen LogP contribution in [0.5, 0.6) is 0 Å². The molecule has 0 N–H and O–H groups in total. The molecule has 0 atom stereocenters. The van der Waals surface area contributed by atoms with Gasteiger partial charge in [-0.1, -0.05) is 0 Å². The molecular formula is C16H35O8PY. The van der Waals surface area contributed by atoms with Crippen LogP contribution in [0.25, 0.3) is 0 Å². The van der Waals surface area contributed by atoms with Crippen molar-refractivity contribution < 1.29 is 70.2 Å². The van der Waals surface area contributed by atoms with Gasteiger partial charge in [0, 0.05) is 75.4 Å². The molecule has 1 radical (unpaired) electrons. The summed E-state index contributed by atoms with van der Waals surface area (Å²) in [4.78, 5) is 0. The van der Waals surface area contributed by atoms with Gasteiger partial charge >= 0.3 is 0 Å². The average Bonchev–Trinajstić information content (AvgIpc) is 2.56. The van der Waals surface area contributed by atoms with Crippen LogP contribution in [0.15, 0.2) is 0 Å². The summed E-state index contributed by atoms with van der Waals surface area (Å²) >= 11 is 0. The molecular weight excluding hydrogens is 440 g/mol. The van der Waals surface area contributed by atoms with Crippen molar-refractivity contribution in [1.29, 1.82) is 0 Å². The molecule has 8 nitrogen and oxygen atoms in total. The van der Waals surface area contributed by atoms with E-state index in [4.69, 9.17) is 37.5 Å². The predicted molar refractivity (Wildman–Crippen MR) is 96.3 cm³/mol. The van der Waals surface area contributed by atoms with E-state index < -0.39 is 0 Å². The molecule has 10 heteroatoms. The zero-order valence-corrected chi connectivity index (χ0v) is 20.8. The van der Waals surface area contributed by atoms with Gasteiger partial charge in [0.2, 0.25) is 0 Å². The van der Waals surface area contributed by atoms with Gasteiger partial charge in [-0.2, -0.15) is 0 Å². The van der Waals surface area contributed by atoms with E-state index in [1.807, 2.05) is 0 Å². The van der Waals surface area contributed by atoms with E-state index in [-0.39, 0.29) is 52.6 Å². The van der Waals surface area contributed by atoms with E-state index in [2.05, 4.69) is 0 Å². The van der Waals surface area contributed by atoms with E-state index in [9.17, 15) is 0 Å². The van der Waals surface area contributed by atoms with Gasteiger partial charge in [-0.25, -0.2) is 0 Å². The van der Waals surface area contributed by atoms with E-state index >= 15 is 0 Å². The number of hydrogen-bond acceptors (Lipinski definition) is 8. The SMILES string of the molecule is COCC(COC)(COC)COPOCC(COC)(COC)COC.[Y].